The number of rotatable bonds is 5. The van der Waals surface area contributed by atoms with Crippen molar-refractivity contribution in [3.8, 4) is 16.9 Å². The van der Waals surface area contributed by atoms with Gasteiger partial charge >= 0.3 is 6.18 Å². The number of nitrogens with two attached hydrogens (primary N) is 1. The number of hydrogen-bond acceptors (Lipinski definition) is 7. The third-order valence-electron chi connectivity index (χ3n) is 6.39. The summed E-state index contributed by atoms with van der Waals surface area (Å²) in [5.41, 5.74) is 7.26. The topological polar surface area (TPSA) is 98.3 Å². The second-order valence-electron chi connectivity index (χ2n) is 9.55. The summed E-state index contributed by atoms with van der Waals surface area (Å²) in [6, 6.07) is 10.9. The molecule has 1 amide bonds. The van der Waals surface area contributed by atoms with Gasteiger partial charge in [-0.1, -0.05) is 12.1 Å². The Kier molecular flexibility index (Phi) is 6.78. The number of hydrogen-bond donors (Lipinski definition) is 2. The lowest BCUT2D eigenvalue weighted by Crippen LogP contribution is -2.55. The molecular formula is C26H27F3N6O2S. The number of aromatic nitrogens is 3. The number of anilines is 1. The van der Waals surface area contributed by atoms with Gasteiger partial charge in [0.15, 0.2) is 17.3 Å². The quantitative estimate of drug-likeness (QED) is 0.378. The molecule has 4 heterocycles. The molecule has 38 heavy (non-hydrogen) atoms. The minimum Gasteiger partial charge on any atom is -0.484 e. The van der Waals surface area contributed by atoms with Gasteiger partial charge in [-0.2, -0.15) is 18.3 Å². The first-order valence-corrected chi connectivity index (χ1v) is 12.9. The fraction of sp³-hybridized carbons (Fsp3) is 0.346. The summed E-state index contributed by atoms with van der Waals surface area (Å²) in [7, 11) is 1.48. The molecule has 0 saturated carbocycles. The van der Waals surface area contributed by atoms with Crippen LogP contribution in [0.1, 0.15) is 34.8 Å². The number of nitrogens with zero attached hydrogens (tertiary/aromatic N) is 4. The summed E-state index contributed by atoms with van der Waals surface area (Å²) in [6.45, 7) is 5.46. The molecule has 0 bridgehead atoms. The lowest BCUT2D eigenvalue weighted by atomic mass is 10.0. The monoisotopic (exact) mass is 544 g/mol. The van der Waals surface area contributed by atoms with Crippen molar-refractivity contribution in [1.29, 1.82) is 0 Å². The largest absolute Gasteiger partial charge is 0.484 e. The molecule has 0 spiro atoms. The number of ether oxygens (including phenoxy) is 1. The minimum atomic E-state index is -4.54. The van der Waals surface area contributed by atoms with Crippen LogP contribution in [-0.4, -0.2) is 50.7 Å². The number of alkyl halides is 3. The van der Waals surface area contributed by atoms with Crippen molar-refractivity contribution < 1.29 is 22.7 Å². The van der Waals surface area contributed by atoms with E-state index in [4.69, 9.17) is 10.5 Å². The molecule has 8 nitrogen and oxygen atoms in total. The lowest BCUT2D eigenvalue weighted by Gasteiger charge is -2.36. The molecule has 5 rings (SSSR count). The highest BCUT2D eigenvalue weighted by Gasteiger charge is 2.37. The van der Waals surface area contributed by atoms with Crippen LogP contribution in [-0.2, 0) is 19.8 Å². The molecule has 3 aromatic heterocycles. The van der Waals surface area contributed by atoms with Crippen LogP contribution in [0, 0.1) is 0 Å². The van der Waals surface area contributed by atoms with Gasteiger partial charge in [0.25, 0.3) is 5.91 Å². The maximum atomic E-state index is 13.3. The number of carbonyl (C=O) groups is 1. The number of nitrogen functional groups attached to an aromatic ring is 1. The Balaban J connectivity index is 1.31. The zero-order chi connectivity index (χ0) is 27.2. The summed E-state index contributed by atoms with van der Waals surface area (Å²) in [5, 5.41) is 7.06. The predicted molar refractivity (Wildman–Crippen MR) is 140 cm³/mol. The van der Waals surface area contributed by atoms with E-state index in [0.29, 0.717) is 34.1 Å². The summed E-state index contributed by atoms with van der Waals surface area (Å²) in [4.78, 5) is 20.1. The molecule has 0 radical (unpaired) electrons. The Hall–Kier alpha value is -3.64. The van der Waals surface area contributed by atoms with Crippen LogP contribution < -0.4 is 15.8 Å². The van der Waals surface area contributed by atoms with Gasteiger partial charge in [-0.05, 0) is 43.7 Å². The lowest BCUT2D eigenvalue weighted by molar-refractivity contribution is -0.140. The molecule has 2 unspecified atom stereocenters. The van der Waals surface area contributed by atoms with E-state index < -0.39 is 11.9 Å². The molecule has 1 aliphatic rings. The van der Waals surface area contributed by atoms with Gasteiger partial charge in [-0.25, -0.2) is 4.98 Å². The van der Waals surface area contributed by atoms with Crippen LogP contribution >= 0.6 is 11.3 Å². The first-order chi connectivity index (χ1) is 18.0. The maximum absolute atomic E-state index is 13.3. The predicted octanol–water partition coefficient (Wildman–Crippen LogP) is 4.70. The van der Waals surface area contributed by atoms with Gasteiger partial charge in [-0.15, -0.1) is 11.3 Å². The van der Waals surface area contributed by atoms with E-state index in [1.54, 1.807) is 24.4 Å². The highest BCUT2D eigenvalue weighted by atomic mass is 32.1. The standard InChI is InChI=1S/C26H27F3N6O2S/c1-14-11-35(12-15(2)32-14)24(36)17-6-4-16(5-7-17)18-8-21(23(30)31-10-18)37-13-19-9-20-22(26(27,28)29)33-34(3)25(20)38-19/h4-10,14-15,32H,11-13H2,1-3H3,(H2,30,31). The van der Waals surface area contributed by atoms with Crippen LogP contribution in [0.25, 0.3) is 21.3 Å². The molecular weight excluding hydrogens is 517 g/mol. The van der Waals surface area contributed by atoms with E-state index in [9.17, 15) is 18.0 Å². The number of amides is 1. The van der Waals surface area contributed by atoms with Gasteiger partial charge in [0, 0.05) is 59.8 Å². The van der Waals surface area contributed by atoms with Crippen LogP contribution in [0.4, 0.5) is 19.0 Å². The van der Waals surface area contributed by atoms with Gasteiger partial charge in [-0.3, -0.25) is 9.48 Å². The maximum Gasteiger partial charge on any atom is 0.435 e. The van der Waals surface area contributed by atoms with Crippen LogP contribution in [0.15, 0.2) is 42.6 Å². The molecule has 0 aliphatic carbocycles. The number of nitrogens with one attached hydrogen (secondary N) is 1. The van der Waals surface area contributed by atoms with Crippen molar-refractivity contribution in [2.24, 2.45) is 7.05 Å². The molecule has 2 atom stereocenters. The van der Waals surface area contributed by atoms with Gasteiger partial charge in [0.05, 0.1) is 0 Å². The number of pyridine rings is 1. The van der Waals surface area contributed by atoms with E-state index in [0.717, 1.165) is 11.1 Å². The Morgan fingerprint density at radius 2 is 1.84 bits per heavy atom. The number of aryl methyl sites for hydroxylation is 1. The molecule has 3 N–H and O–H groups in total. The Morgan fingerprint density at radius 1 is 1.16 bits per heavy atom. The fourth-order valence-electron chi connectivity index (χ4n) is 4.73. The average molecular weight is 545 g/mol. The summed E-state index contributed by atoms with van der Waals surface area (Å²) in [6.07, 6.45) is -2.93. The van der Waals surface area contributed by atoms with Crippen molar-refractivity contribution in [3.05, 3.63) is 58.7 Å². The second-order valence-corrected chi connectivity index (χ2v) is 10.7. The van der Waals surface area contributed by atoms with Crippen molar-refractivity contribution in [1.82, 2.24) is 25.0 Å². The van der Waals surface area contributed by atoms with Gasteiger partial charge in [0.2, 0.25) is 0 Å². The van der Waals surface area contributed by atoms with Crippen LogP contribution in [0.2, 0.25) is 0 Å². The SMILES string of the molecule is CC1CN(C(=O)c2ccc(-c3cnc(N)c(OCc4cc5c(C(F)(F)F)nn(C)c5s4)c3)cc2)CC(C)N1. The average Bonchev–Trinajstić information content (AvgIpc) is 3.42. The highest BCUT2D eigenvalue weighted by Crippen LogP contribution is 2.38. The van der Waals surface area contributed by atoms with E-state index in [1.165, 1.54) is 29.1 Å². The Labute approximate surface area is 221 Å². The fourth-order valence-corrected chi connectivity index (χ4v) is 5.71. The number of thiophene rings is 1. The third-order valence-corrected chi connectivity index (χ3v) is 7.57. The number of fused-ring (bicyclic) bond motifs is 1. The number of halogens is 3. The van der Waals surface area contributed by atoms with Gasteiger partial charge < -0.3 is 20.7 Å². The molecule has 1 saturated heterocycles. The Bertz CT molecular complexity index is 1470. The molecule has 12 heteroatoms. The molecule has 1 aliphatic heterocycles. The van der Waals surface area contributed by atoms with Crippen molar-refractivity contribution >= 4 is 33.3 Å². The smallest absolute Gasteiger partial charge is 0.435 e. The normalized spacial score (nSPS) is 18.2. The number of benzene rings is 1. The van der Waals surface area contributed by atoms with Crippen molar-refractivity contribution in [2.45, 2.75) is 38.7 Å². The number of carbonyl (C=O) groups excluding carboxylic acids is 1. The second kappa shape index (κ2) is 9.91. The molecule has 1 fully saturated rings. The third kappa shape index (κ3) is 5.18. The molecule has 4 aromatic rings. The van der Waals surface area contributed by atoms with Crippen LogP contribution in [0.3, 0.4) is 0 Å². The zero-order valence-electron chi connectivity index (χ0n) is 21.0. The van der Waals surface area contributed by atoms with Crippen molar-refractivity contribution in [3.63, 3.8) is 0 Å². The zero-order valence-corrected chi connectivity index (χ0v) is 21.9. The summed E-state index contributed by atoms with van der Waals surface area (Å²) < 4.78 is 47.0. The van der Waals surface area contributed by atoms with Gasteiger partial charge in [0.1, 0.15) is 11.4 Å². The highest BCUT2D eigenvalue weighted by molar-refractivity contribution is 7.18. The van der Waals surface area contributed by atoms with E-state index >= 15 is 0 Å². The summed E-state index contributed by atoms with van der Waals surface area (Å²) in [5.74, 6) is 0.475. The summed E-state index contributed by atoms with van der Waals surface area (Å²) >= 11 is 1.18. The van der Waals surface area contributed by atoms with E-state index in [1.807, 2.05) is 17.0 Å². The van der Waals surface area contributed by atoms with E-state index in [-0.39, 0.29) is 35.8 Å². The first kappa shape index (κ1) is 26.0. The van der Waals surface area contributed by atoms with Crippen LogP contribution in [0.5, 0.6) is 5.75 Å². The molecule has 1 aromatic carbocycles. The molecule has 200 valence electrons. The van der Waals surface area contributed by atoms with E-state index in [2.05, 4.69) is 29.2 Å². The first-order valence-electron chi connectivity index (χ1n) is 12.1. The minimum absolute atomic E-state index is 0.0107. The van der Waals surface area contributed by atoms with Crippen molar-refractivity contribution in [2.75, 3.05) is 18.8 Å². The Morgan fingerprint density at radius 3 is 2.50 bits per heavy atom. The number of piperazine rings is 1.